The van der Waals surface area contributed by atoms with Crippen LogP contribution in [0.3, 0.4) is 0 Å². The smallest absolute Gasteiger partial charge is 0.254 e. The maximum atomic E-state index is 12.5. The van der Waals surface area contributed by atoms with Crippen LogP contribution in [0.2, 0.25) is 0 Å². The molecule has 2 rings (SSSR count). The van der Waals surface area contributed by atoms with Gasteiger partial charge in [-0.25, -0.2) is 0 Å². The van der Waals surface area contributed by atoms with Crippen molar-refractivity contribution >= 4 is 5.91 Å². The van der Waals surface area contributed by atoms with Gasteiger partial charge in [-0.1, -0.05) is 0 Å². The molecule has 0 spiro atoms. The second-order valence-corrected chi connectivity index (χ2v) is 5.39. The van der Waals surface area contributed by atoms with E-state index in [9.17, 15) is 9.90 Å². The van der Waals surface area contributed by atoms with Crippen LogP contribution in [-0.2, 0) is 0 Å². The lowest BCUT2D eigenvalue weighted by Gasteiger charge is -2.29. The van der Waals surface area contributed by atoms with Gasteiger partial charge in [0.2, 0.25) is 0 Å². The first-order valence-corrected chi connectivity index (χ1v) is 6.91. The quantitative estimate of drug-likeness (QED) is 0.872. The molecule has 1 aromatic rings. The Kier molecular flexibility index (Phi) is 4.43. The summed E-state index contributed by atoms with van der Waals surface area (Å²) in [6.07, 6.45) is 2.32. The van der Waals surface area contributed by atoms with Crippen LogP contribution in [0, 0.1) is 0 Å². The fourth-order valence-corrected chi connectivity index (χ4v) is 2.45. The van der Waals surface area contributed by atoms with E-state index in [2.05, 4.69) is 5.32 Å². The zero-order valence-corrected chi connectivity index (χ0v) is 11.6. The zero-order valence-electron chi connectivity index (χ0n) is 11.6. The van der Waals surface area contributed by atoms with E-state index >= 15 is 0 Å². The molecule has 0 aliphatic carbocycles. The molecule has 1 heterocycles. The Bertz CT molecular complexity index is 422. The molecule has 1 amide bonds. The van der Waals surface area contributed by atoms with Gasteiger partial charge in [0.1, 0.15) is 5.75 Å². The van der Waals surface area contributed by atoms with Gasteiger partial charge in [0, 0.05) is 24.2 Å². The summed E-state index contributed by atoms with van der Waals surface area (Å²) in [7, 11) is 0. The lowest BCUT2D eigenvalue weighted by Crippen LogP contribution is -2.44. The van der Waals surface area contributed by atoms with Crippen LogP contribution in [0.25, 0.3) is 0 Å². The summed E-state index contributed by atoms with van der Waals surface area (Å²) in [5.74, 6) is 0.216. The van der Waals surface area contributed by atoms with Crippen molar-refractivity contribution in [1.82, 2.24) is 10.2 Å². The molecular weight excluding hydrogens is 240 g/mol. The minimum Gasteiger partial charge on any atom is -0.508 e. The van der Waals surface area contributed by atoms with E-state index in [-0.39, 0.29) is 17.7 Å². The summed E-state index contributed by atoms with van der Waals surface area (Å²) in [5, 5.41) is 12.7. The molecule has 1 aliphatic rings. The molecule has 1 fully saturated rings. The van der Waals surface area contributed by atoms with E-state index in [4.69, 9.17) is 0 Å². The van der Waals surface area contributed by atoms with E-state index in [0.717, 1.165) is 19.5 Å². The Morgan fingerprint density at radius 3 is 2.63 bits per heavy atom. The van der Waals surface area contributed by atoms with Crippen LogP contribution in [0.4, 0.5) is 0 Å². The molecule has 0 bridgehead atoms. The van der Waals surface area contributed by atoms with Gasteiger partial charge in [-0.05, 0) is 57.5 Å². The van der Waals surface area contributed by atoms with Gasteiger partial charge in [-0.2, -0.15) is 0 Å². The lowest BCUT2D eigenvalue weighted by molar-refractivity contribution is 0.0689. The van der Waals surface area contributed by atoms with Crippen molar-refractivity contribution in [1.29, 1.82) is 0 Å². The summed E-state index contributed by atoms with van der Waals surface area (Å²) in [5.41, 5.74) is 0.629. The van der Waals surface area contributed by atoms with E-state index in [1.54, 1.807) is 24.3 Å². The molecule has 104 valence electrons. The standard InChI is InChI=1S/C15H22N2O2/c1-11(2)17(10-13-4-3-9-16-13)15(19)12-5-7-14(18)8-6-12/h5-8,11,13,16,18H,3-4,9-10H2,1-2H3. The molecule has 19 heavy (non-hydrogen) atoms. The summed E-state index contributed by atoms with van der Waals surface area (Å²) in [6.45, 7) is 5.86. The van der Waals surface area contributed by atoms with Crippen molar-refractivity contribution in [3.8, 4) is 5.75 Å². The molecule has 4 heteroatoms. The minimum absolute atomic E-state index is 0.0312. The molecule has 1 saturated heterocycles. The fraction of sp³-hybridized carbons (Fsp3) is 0.533. The Balaban J connectivity index is 2.09. The highest BCUT2D eigenvalue weighted by molar-refractivity contribution is 5.94. The number of carbonyl (C=O) groups excluding carboxylic acids is 1. The third kappa shape index (κ3) is 3.47. The molecule has 0 aromatic heterocycles. The van der Waals surface area contributed by atoms with Crippen LogP contribution in [-0.4, -0.2) is 41.1 Å². The average Bonchev–Trinajstić information content (AvgIpc) is 2.88. The lowest BCUT2D eigenvalue weighted by atomic mass is 10.1. The van der Waals surface area contributed by atoms with Crippen LogP contribution >= 0.6 is 0 Å². The number of rotatable bonds is 4. The van der Waals surface area contributed by atoms with Crippen molar-refractivity contribution in [2.45, 2.75) is 38.8 Å². The van der Waals surface area contributed by atoms with Crippen molar-refractivity contribution < 1.29 is 9.90 Å². The normalized spacial score (nSPS) is 18.8. The first-order chi connectivity index (χ1) is 9.08. The fourth-order valence-electron chi connectivity index (χ4n) is 2.45. The number of hydrogen-bond donors (Lipinski definition) is 2. The highest BCUT2D eigenvalue weighted by Gasteiger charge is 2.24. The second-order valence-electron chi connectivity index (χ2n) is 5.39. The number of nitrogens with one attached hydrogen (secondary N) is 1. The third-order valence-corrected chi connectivity index (χ3v) is 3.58. The second kappa shape index (κ2) is 6.06. The monoisotopic (exact) mass is 262 g/mol. The molecule has 4 nitrogen and oxygen atoms in total. The number of carbonyl (C=O) groups is 1. The van der Waals surface area contributed by atoms with Crippen molar-refractivity contribution in [2.75, 3.05) is 13.1 Å². The van der Waals surface area contributed by atoms with Crippen molar-refractivity contribution in [3.05, 3.63) is 29.8 Å². The highest BCUT2D eigenvalue weighted by atomic mass is 16.3. The van der Waals surface area contributed by atoms with Crippen LogP contribution in [0.5, 0.6) is 5.75 Å². The van der Waals surface area contributed by atoms with Gasteiger partial charge in [0.25, 0.3) is 5.91 Å². The maximum absolute atomic E-state index is 12.5. The predicted octanol–water partition coefficient (Wildman–Crippen LogP) is 1.99. The van der Waals surface area contributed by atoms with Gasteiger partial charge >= 0.3 is 0 Å². The predicted molar refractivity (Wildman–Crippen MR) is 75.3 cm³/mol. The molecular formula is C15H22N2O2. The summed E-state index contributed by atoms with van der Waals surface area (Å²) in [4.78, 5) is 14.4. The first kappa shape index (κ1) is 13.9. The van der Waals surface area contributed by atoms with E-state index in [0.29, 0.717) is 11.6 Å². The molecule has 1 aromatic carbocycles. The minimum atomic E-state index is 0.0312. The average molecular weight is 262 g/mol. The number of amides is 1. The van der Waals surface area contributed by atoms with Gasteiger partial charge in [-0.3, -0.25) is 4.79 Å². The largest absolute Gasteiger partial charge is 0.508 e. The molecule has 1 unspecified atom stereocenters. The molecule has 1 aliphatic heterocycles. The van der Waals surface area contributed by atoms with Crippen molar-refractivity contribution in [3.63, 3.8) is 0 Å². The SMILES string of the molecule is CC(C)N(CC1CCCN1)C(=O)c1ccc(O)cc1. The molecule has 0 radical (unpaired) electrons. The van der Waals surface area contributed by atoms with E-state index in [1.165, 1.54) is 6.42 Å². The van der Waals surface area contributed by atoms with Crippen LogP contribution in [0.15, 0.2) is 24.3 Å². The Hall–Kier alpha value is -1.55. The summed E-state index contributed by atoms with van der Waals surface area (Å²) in [6, 6.07) is 7.04. The first-order valence-electron chi connectivity index (χ1n) is 6.91. The van der Waals surface area contributed by atoms with Gasteiger partial charge in [0.05, 0.1) is 0 Å². The molecule has 2 N–H and O–H groups in total. The molecule has 1 atom stereocenters. The number of phenolic OH excluding ortho intramolecular Hbond substituents is 1. The summed E-state index contributed by atoms with van der Waals surface area (Å²) >= 11 is 0. The van der Waals surface area contributed by atoms with Crippen LogP contribution < -0.4 is 5.32 Å². The van der Waals surface area contributed by atoms with Crippen molar-refractivity contribution in [2.24, 2.45) is 0 Å². The Morgan fingerprint density at radius 1 is 1.42 bits per heavy atom. The van der Waals surface area contributed by atoms with E-state index < -0.39 is 0 Å². The number of nitrogens with zero attached hydrogens (tertiary/aromatic N) is 1. The van der Waals surface area contributed by atoms with Gasteiger partial charge in [0.15, 0.2) is 0 Å². The summed E-state index contributed by atoms with van der Waals surface area (Å²) < 4.78 is 0. The Labute approximate surface area is 114 Å². The number of hydrogen-bond acceptors (Lipinski definition) is 3. The number of benzene rings is 1. The van der Waals surface area contributed by atoms with E-state index in [1.807, 2.05) is 18.7 Å². The highest BCUT2D eigenvalue weighted by Crippen LogP contribution is 2.15. The third-order valence-electron chi connectivity index (χ3n) is 3.58. The van der Waals surface area contributed by atoms with Gasteiger partial charge < -0.3 is 15.3 Å². The topological polar surface area (TPSA) is 52.6 Å². The zero-order chi connectivity index (χ0) is 13.8. The molecule has 0 saturated carbocycles. The van der Waals surface area contributed by atoms with Crippen LogP contribution in [0.1, 0.15) is 37.0 Å². The van der Waals surface area contributed by atoms with Gasteiger partial charge in [-0.15, -0.1) is 0 Å². The number of phenols is 1. The number of aromatic hydroxyl groups is 1. The Morgan fingerprint density at radius 2 is 2.11 bits per heavy atom. The maximum Gasteiger partial charge on any atom is 0.254 e.